The van der Waals surface area contributed by atoms with Crippen LogP contribution in [0.2, 0.25) is 0 Å². The molecule has 0 aromatic heterocycles. The van der Waals surface area contributed by atoms with Crippen LogP contribution in [-0.2, 0) is 16.1 Å². The minimum atomic E-state index is -0.0565. The Morgan fingerprint density at radius 2 is 1.64 bits per heavy atom. The van der Waals surface area contributed by atoms with Crippen molar-refractivity contribution in [3.05, 3.63) is 60.2 Å². The number of rotatable bonds is 7. The van der Waals surface area contributed by atoms with Crippen molar-refractivity contribution in [1.29, 1.82) is 0 Å². The molecule has 0 atom stereocenters. The van der Waals surface area contributed by atoms with Crippen LogP contribution in [0.4, 0.5) is 0 Å². The third-order valence-electron chi connectivity index (χ3n) is 4.95. The molecule has 0 radical (unpaired) electrons. The van der Waals surface area contributed by atoms with Gasteiger partial charge in [0.1, 0.15) is 11.5 Å². The molecular formula is C22H26N2O4. The Balaban J connectivity index is 1.38. The first-order valence-corrected chi connectivity index (χ1v) is 9.52. The van der Waals surface area contributed by atoms with E-state index in [9.17, 15) is 9.59 Å². The number of hydrogen-bond donors (Lipinski definition) is 1. The quantitative estimate of drug-likeness (QED) is 0.799. The van der Waals surface area contributed by atoms with Crippen molar-refractivity contribution in [2.75, 3.05) is 26.8 Å². The number of carbonyl (C=O) groups excluding carboxylic acids is 2. The highest BCUT2D eigenvalue weighted by atomic mass is 16.5. The van der Waals surface area contributed by atoms with Crippen LogP contribution in [0.1, 0.15) is 18.4 Å². The number of amides is 2. The Labute approximate surface area is 165 Å². The highest BCUT2D eigenvalue weighted by Gasteiger charge is 2.27. The fourth-order valence-corrected chi connectivity index (χ4v) is 3.23. The van der Waals surface area contributed by atoms with E-state index < -0.39 is 0 Å². The summed E-state index contributed by atoms with van der Waals surface area (Å²) in [6, 6.07) is 17.0. The summed E-state index contributed by atoms with van der Waals surface area (Å²) in [5.74, 6) is 1.33. The normalized spacial score (nSPS) is 14.4. The third-order valence-corrected chi connectivity index (χ3v) is 4.95. The minimum Gasteiger partial charge on any atom is -0.497 e. The van der Waals surface area contributed by atoms with E-state index >= 15 is 0 Å². The first-order chi connectivity index (χ1) is 13.7. The Morgan fingerprint density at radius 1 is 1.00 bits per heavy atom. The van der Waals surface area contributed by atoms with Gasteiger partial charge in [0, 0.05) is 25.6 Å². The number of carbonyl (C=O) groups is 2. The van der Waals surface area contributed by atoms with Gasteiger partial charge in [0.2, 0.25) is 5.91 Å². The van der Waals surface area contributed by atoms with Gasteiger partial charge in [-0.05, 0) is 42.7 Å². The second-order valence-electron chi connectivity index (χ2n) is 6.82. The van der Waals surface area contributed by atoms with Gasteiger partial charge in [-0.3, -0.25) is 9.59 Å². The summed E-state index contributed by atoms with van der Waals surface area (Å²) in [5, 5.41) is 2.99. The summed E-state index contributed by atoms with van der Waals surface area (Å²) in [4.78, 5) is 26.5. The summed E-state index contributed by atoms with van der Waals surface area (Å²) in [6.45, 7) is 1.69. The number of benzene rings is 2. The van der Waals surface area contributed by atoms with Crippen LogP contribution in [-0.4, -0.2) is 43.5 Å². The van der Waals surface area contributed by atoms with E-state index in [-0.39, 0.29) is 24.3 Å². The zero-order chi connectivity index (χ0) is 19.8. The van der Waals surface area contributed by atoms with Crippen molar-refractivity contribution in [2.45, 2.75) is 19.4 Å². The highest BCUT2D eigenvalue weighted by Crippen LogP contribution is 2.19. The number of hydrogen-bond acceptors (Lipinski definition) is 4. The highest BCUT2D eigenvalue weighted by molar-refractivity contribution is 5.80. The van der Waals surface area contributed by atoms with E-state index in [1.807, 2.05) is 30.3 Å². The number of nitrogens with one attached hydrogen (secondary N) is 1. The molecule has 0 saturated carbocycles. The molecule has 0 unspecified atom stereocenters. The number of nitrogens with zero attached hydrogens (tertiary/aromatic N) is 1. The van der Waals surface area contributed by atoms with Crippen molar-refractivity contribution in [2.24, 2.45) is 5.92 Å². The maximum absolute atomic E-state index is 12.4. The van der Waals surface area contributed by atoms with Gasteiger partial charge < -0.3 is 19.7 Å². The fraction of sp³-hybridized carbons (Fsp3) is 0.364. The maximum Gasteiger partial charge on any atom is 0.260 e. The molecule has 1 aliphatic heterocycles. The Morgan fingerprint density at radius 3 is 2.29 bits per heavy atom. The van der Waals surface area contributed by atoms with Gasteiger partial charge in [-0.25, -0.2) is 0 Å². The van der Waals surface area contributed by atoms with Crippen LogP contribution in [0.25, 0.3) is 0 Å². The van der Waals surface area contributed by atoms with E-state index in [1.165, 1.54) is 0 Å². The van der Waals surface area contributed by atoms with Crippen LogP contribution in [0.3, 0.4) is 0 Å². The molecular weight excluding hydrogens is 356 g/mol. The van der Waals surface area contributed by atoms with Crippen molar-refractivity contribution in [3.8, 4) is 11.5 Å². The molecule has 1 saturated heterocycles. The van der Waals surface area contributed by atoms with Crippen molar-refractivity contribution in [1.82, 2.24) is 10.2 Å². The molecule has 1 N–H and O–H groups in total. The number of ether oxygens (including phenoxy) is 2. The molecule has 2 aromatic rings. The molecule has 2 aromatic carbocycles. The van der Waals surface area contributed by atoms with Crippen molar-refractivity contribution < 1.29 is 19.1 Å². The lowest BCUT2D eigenvalue weighted by Gasteiger charge is -2.31. The van der Waals surface area contributed by atoms with Gasteiger partial charge in [-0.15, -0.1) is 0 Å². The zero-order valence-electron chi connectivity index (χ0n) is 16.1. The SMILES string of the molecule is COc1ccc(OCC(=O)N2CCC(C(=O)NCc3ccccc3)CC2)cc1. The van der Waals surface area contributed by atoms with Crippen LogP contribution < -0.4 is 14.8 Å². The Bertz CT molecular complexity index is 769. The largest absolute Gasteiger partial charge is 0.497 e. The fourth-order valence-electron chi connectivity index (χ4n) is 3.23. The molecule has 6 heteroatoms. The average Bonchev–Trinajstić information content (AvgIpc) is 2.77. The molecule has 1 aliphatic rings. The Hall–Kier alpha value is -3.02. The van der Waals surface area contributed by atoms with Gasteiger partial charge in [0.05, 0.1) is 7.11 Å². The van der Waals surface area contributed by atoms with Crippen LogP contribution in [0, 0.1) is 5.92 Å². The number of methoxy groups -OCH3 is 1. The summed E-state index contributed by atoms with van der Waals surface area (Å²) >= 11 is 0. The van der Waals surface area contributed by atoms with Gasteiger partial charge in [0.15, 0.2) is 6.61 Å². The lowest BCUT2D eigenvalue weighted by Crippen LogP contribution is -2.44. The van der Waals surface area contributed by atoms with E-state index in [1.54, 1.807) is 36.3 Å². The number of piperidine rings is 1. The summed E-state index contributed by atoms with van der Waals surface area (Å²) in [5.41, 5.74) is 1.08. The lowest BCUT2D eigenvalue weighted by atomic mass is 9.96. The molecule has 6 nitrogen and oxygen atoms in total. The first-order valence-electron chi connectivity index (χ1n) is 9.52. The molecule has 148 valence electrons. The molecule has 3 rings (SSSR count). The minimum absolute atomic E-state index is 0.00278. The number of likely N-dealkylation sites (tertiary alicyclic amines) is 1. The predicted molar refractivity (Wildman–Crippen MR) is 106 cm³/mol. The summed E-state index contributed by atoms with van der Waals surface area (Å²) in [7, 11) is 1.60. The van der Waals surface area contributed by atoms with Gasteiger partial charge >= 0.3 is 0 Å². The van der Waals surface area contributed by atoms with Gasteiger partial charge in [-0.2, -0.15) is 0 Å². The molecule has 0 spiro atoms. The van der Waals surface area contributed by atoms with Crippen LogP contribution in [0.5, 0.6) is 11.5 Å². The first kappa shape index (κ1) is 19.7. The molecule has 0 aliphatic carbocycles. The second kappa shape index (κ2) is 9.78. The smallest absolute Gasteiger partial charge is 0.260 e. The molecule has 2 amide bonds. The van der Waals surface area contributed by atoms with Crippen LogP contribution >= 0.6 is 0 Å². The maximum atomic E-state index is 12.4. The van der Waals surface area contributed by atoms with E-state index in [0.29, 0.717) is 38.2 Å². The zero-order valence-corrected chi connectivity index (χ0v) is 16.1. The third kappa shape index (κ3) is 5.49. The van der Waals surface area contributed by atoms with Crippen molar-refractivity contribution >= 4 is 11.8 Å². The Kier molecular flexibility index (Phi) is 6.89. The van der Waals surface area contributed by atoms with Crippen molar-refractivity contribution in [3.63, 3.8) is 0 Å². The molecule has 1 heterocycles. The standard InChI is InChI=1S/C22H26N2O4/c1-27-19-7-9-20(10-8-19)28-16-21(25)24-13-11-18(12-14-24)22(26)23-15-17-5-3-2-4-6-17/h2-10,18H,11-16H2,1H3,(H,23,26). The summed E-state index contributed by atoms with van der Waals surface area (Å²) < 4.78 is 10.7. The van der Waals surface area contributed by atoms with E-state index in [2.05, 4.69) is 5.32 Å². The molecule has 28 heavy (non-hydrogen) atoms. The molecule has 1 fully saturated rings. The monoisotopic (exact) mass is 382 g/mol. The van der Waals surface area contributed by atoms with E-state index in [4.69, 9.17) is 9.47 Å². The molecule has 0 bridgehead atoms. The van der Waals surface area contributed by atoms with Crippen LogP contribution in [0.15, 0.2) is 54.6 Å². The second-order valence-corrected chi connectivity index (χ2v) is 6.82. The average molecular weight is 382 g/mol. The summed E-state index contributed by atoms with van der Waals surface area (Å²) in [6.07, 6.45) is 1.35. The predicted octanol–water partition coefficient (Wildman–Crippen LogP) is 2.63. The van der Waals surface area contributed by atoms with E-state index in [0.717, 1.165) is 11.3 Å². The lowest BCUT2D eigenvalue weighted by molar-refractivity contribution is -0.137. The van der Waals surface area contributed by atoms with Gasteiger partial charge in [-0.1, -0.05) is 30.3 Å². The topological polar surface area (TPSA) is 67.9 Å². The van der Waals surface area contributed by atoms with Gasteiger partial charge in [0.25, 0.3) is 5.91 Å².